The molecule has 0 spiro atoms. The van der Waals surface area contributed by atoms with E-state index in [4.69, 9.17) is 0 Å². The highest BCUT2D eigenvalue weighted by molar-refractivity contribution is 7.25. The number of thiophene rings is 1. The average molecular weight is 761 g/mol. The van der Waals surface area contributed by atoms with Gasteiger partial charge in [-0.3, -0.25) is 0 Å². The molecule has 1 fully saturated rings. The van der Waals surface area contributed by atoms with E-state index in [0.717, 1.165) is 0 Å². The molecule has 0 amide bonds. The largest absolute Gasteiger partial charge is 0.376 e. The first-order valence-electron chi connectivity index (χ1n) is 21.3. The van der Waals surface area contributed by atoms with Gasteiger partial charge >= 0.3 is 6.85 Å². The Morgan fingerprint density at radius 1 is 0.614 bits per heavy atom. The van der Waals surface area contributed by atoms with Crippen LogP contribution in [0.3, 0.4) is 0 Å². The van der Waals surface area contributed by atoms with Crippen LogP contribution < -0.4 is 20.6 Å². The molecule has 284 valence electrons. The monoisotopic (exact) mass is 760 g/mol. The fraction of sp³-hybridized carbons (Fsp3) is 0.321. The van der Waals surface area contributed by atoms with E-state index in [9.17, 15) is 0 Å². The molecule has 3 aliphatic heterocycles. The van der Waals surface area contributed by atoms with Crippen LogP contribution in [0.25, 0.3) is 42.4 Å². The maximum Gasteiger partial charge on any atom is 0.333 e. The van der Waals surface area contributed by atoms with Crippen LogP contribution in [0.2, 0.25) is 0 Å². The molecule has 0 bridgehead atoms. The smallest absolute Gasteiger partial charge is 0.333 e. The fourth-order valence-electron chi connectivity index (χ4n) is 11.4. The molecule has 0 radical (unpaired) electrons. The Hall–Kier alpha value is -4.80. The summed E-state index contributed by atoms with van der Waals surface area (Å²) in [5.74, 6) is 0. The summed E-state index contributed by atoms with van der Waals surface area (Å²) in [6.45, 7) is 21.8. The van der Waals surface area contributed by atoms with Gasteiger partial charge in [-0.15, -0.1) is 11.3 Å². The Labute approximate surface area is 343 Å². The van der Waals surface area contributed by atoms with E-state index in [1.165, 1.54) is 118 Å². The van der Waals surface area contributed by atoms with Gasteiger partial charge in [0.1, 0.15) is 0 Å². The van der Waals surface area contributed by atoms with Gasteiger partial charge in [-0.1, -0.05) is 134 Å². The van der Waals surface area contributed by atoms with E-state index in [0.29, 0.717) is 0 Å². The highest BCUT2D eigenvalue weighted by Gasteiger charge is 2.62. The number of fused-ring (bicyclic) bond motifs is 10. The van der Waals surface area contributed by atoms with Gasteiger partial charge in [0.15, 0.2) is 0 Å². The number of hydrogen-bond donors (Lipinski definition) is 0. The normalized spacial score (nSPS) is 20.8. The Balaban J connectivity index is 1.32. The topological polar surface area (TPSA) is 6.48 Å². The average Bonchev–Trinajstić information content (AvgIpc) is 3.64. The van der Waals surface area contributed by atoms with Crippen LogP contribution >= 0.6 is 11.3 Å². The molecule has 6 aromatic carbocycles. The van der Waals surface area contributed by atoms with Crippen molar-refractivity contribution in [3.05, 3.63) is 131 Å². The summed E-state index contributed by atoms with van der Waals surface area (Å²) in [6.07, 6.45) is 4.98. The summed E-state index contributed by atoms with van der Waals surface area (Å²) in [6, 6.07) is 43.0. The third-order valence-electron chi connectivity index (χ3n) is 14.7. The van der Waals surface area contributed by atoms with Gasteiger partial charge < -0.3 is 9.71 Å². The summed E-state index contributed by atoms with van der Waals surface area (Å²) in [5.41, 5.74) is 19.4. The Morgan fingerprint density at radius 2 is 1.35 bits per heavy atom. The number of rotatable bonds is 2. The number of hydrogen-bond acceptors (Lipinski definition) is 3. The SMILES string of the molecule is Cc1cc2c3c(c1)N1c4c(cc(C(C)(C)C)cc4C4(C)CCCCC14C)B3N(c1ccc(C(C)(C)C)cc1-c1ccccc1)c1cc3c(cc1-2)sc1ccccc13. The second kappa shape index (κ2) is 11.7. The fourth-order valence-corrected chi connectivity index (χ4v) is 12.5. The van der Waals surface area contributed by atoms with Gasteiger partial charge in [-0.05, 0) is 118 Å². The molecule has 7 aromatic rings. The van der Waals surface area contributed by atoms with Gasteiger partial charge in [-0.25, -0.2) is 0 Å². The number of nitrogens with zero attached hydrogens (tertiary/aromatic N) is 2. The maximum absolute atomic E-state index is 2.88. The number of benzene rings is 6. The van der Waals surface area contributed by atoms with Crippen molar-refractivity contribution < 1.29 is 0 Å². The van der Waals surface area contributed by atoms with Gasteiger partial charge in [0.2, 0.25) is 0 Å². The molecule has 2 nitrogen and oxygen atoms in total. The summed E-state index contributed by atoms with van der Waals surface area (Å²) in [7, 11) is 0. The van der Waals surface area contributed by atoms with Crippen LogP contribution in [0.15, 0.2) is 109 Å². The quantitative estimate of drug-likeness (QED) is 0.162. The van der Waals surface area contributed by atoms with Crippen molar-refractivity contribution in [3.8, 4) is 22.3 Å². The lowest BCUT2D eigenvalue weighted by molar-refractivity contribution is 0.195. The van der Waals surface area contributed by atoms with E-state index in [1.54, 1.807) is 5.56 Å². The molecule has 2 atom stereocenters. The number of aryl methyl sites for hydroxylation is 1. The van der Waals surface area contributed by atoms with Crippen LogP contribution in [0, 0.1) is 6.92 Å². The summed E-state index contributed by atoms with van der Waals surface area (Å²) < 4.78 is 2.71. The molecule has 4 heteroatoms. The van der Waals surface area contributed by atoms with Crippen molar-refractivity contribution in [1.29, 1.82) is 0 Å². The molecular formula is C53H53BN2S. The predicted molar refractivity (Wildman–Crippen MR) is 249 cm³/mol. The van der Waals surface area contributed by atoms with Crippen LogP contribution in [-0.4, -0.2) is 12.4 Å². The summed E-state index contributed by atoms with van der Waals surface area (Å²) in [4.78, 5) is 5.68. The molecule has 1 saturated carbocycles. The van der Waals surface area contributed by atoms with Gasteiger partial charge in [-0.2, -0.15) is 0 Å². The third-order valence-corrected chi connectivity index (χ3v) is 15.9. The Morgan fingerprint density at radius 3 is 2.12 bits per heavy atom. The van der Waals surface area contributed by atoms with Crippen molar-refractivity contribution in [2.45, 2.75) is 110 Å². The molecule has 4 heterocycles. The van der Waals surface area contributed by atoms with Crippen LogP contribution in [0.1, 0.15) is 103 Å². The molecular weight excluding hydrogens is 707 g/mol. The van der Waals surface area contributed by atoms with Crippen molar-refractivity contribution in [2.75, 3.05) is 9.71 Å². The zero-order chi connectivity index (χ0) is 39.4. The summed E-state index contributed by atoms with van der Waals surface area (Å²) >= 11 is 1.93. The molecule has 2 unspecified atom stereocenters. The van der Waals surface area contributed by atoms with Gasteiger partial charge in [0.05, 0.1) is 5.54 Å². The minimum absolute atomic E-state index is 0.000518. The maximum atomic E-state index is 2.88. The zero-order valence-corrected chi connectivity index (χ0v) is 35.9. The molecule has 0 N–H and O–H groups in total. The minimum atomic E-state index is -0.0184. The first-order valence-corrected chi connectivity index (χ1v) is 22.1. The number of anilines is 4. The van der Waals surface area contributed by atoms with Crippen LogP contribution in [0.5, 0.6) is 0 Å². The van der Waals surface area contributed by atoms with E-state index in [1.807, 2.05) is 11.3 Å². The summed E-state index contributed by atoms with van der Waals surface area (Å²) in [5, 5.41) is 2.69. The second-order valence-electron chi connectivity index (χ2n) is 20.2. The highest BCUT2D eigenvalue weighted by atomic mass is 32.1. The predicted octanol–water partition coefficient (Wildman–Crippen LogP) is 13.6. The lowest BCUT2D eigenvalue weighted by Crippen LogP contribution is -2.64. The Kier molecular flexibility index (Phi) is 7.24. The van der Waals surface area contributed by atoms with E-state index in [-0.39, 0.29) is 28.6 Å². The van der Waals surface area contributed by atoms with Gasteiger partial charge in [0.25, 0.3) is 0 Å². The van der Waals surface area contributed by atoms with Gasteiger partial charge in [0, 0.05) is 59.5 Å². The van der Waals surface area contributed by atoms with E-state index < -0.39 is 0 Å². The van der Waals surface area contributed by atoms with Crippen molar-refractivity contribution in [3.63, 3.8) is 0 Å². The zero-order valence-electron chi connectivity index (χ0n) is 35.1. The van der Waals surface area contributed by atoms with Crippen LogP contribution in [0.4, 0.5) is 22.7 Å². The lowest BCUT2D eigenvalue weighted by atomic mass is 9.43. The molecule has 1 aromatic heterocycles. The minimum Gasteiger partial charge on any atom is -0.376 e. The highest BCUT2D eigenvalue weighted by Crippen LogP contribution is 2.63. The van der Waals surface area contributed by atoms with E-state index >= 15 is 0 Å². The third kappa shape index (κ3) is 4.77. The van der Waals surface area contributed by atoms with Crippen molar-refractivity contribution >= 4 is 72.0 Å². The molecule has 57 heavy (non-hydrogen) atoms. The standard InChI is InChI=1S/C53H53BN2S/c1-32-25-40-38-31-47-39(36-19-13-14-20-46(36)57-47)30-44(38)56(43-22-21-34(50(2,3)4)27-37(43)33-17-11-10-12-18-33)54-42-29-35(51(5,6)7)28-41-49(42)55(45(26-32)48(40)54)53(9)24-16-15-23-52(41,53)8/h10-14,17-22,25-31H,15-16,23-24H2,1-9H3. The van der Waals surface area contributed by atoms with Crippen molar-refractivity contribution in [2.24, 2.45) is 0 Å². The molecule has 1 aliphatic carbocycles. The first-order chi connectivity index (χ1) is 27.2. The molecule has 0 saturated heterocycles. The molecule has 11 rings (SSSR count). The second-order valence-corrected chi connectivity index (χ2v) is 21.3. The lowest BCUT2D eigenvalue weighted by Gasteiger charge is -2.53. The van der Waals surface area contributed by atoms with E-state index in [2.05, 4.69) is 181 Å². The first kappa shape index (κ1) is 35.4. The Bertz CT molecular complexity index is 2840. The molecule has 4 aliphatic rings. The van der Waals surface area contributed by atoms with Crippen LogP contribution in [-0.2, 0) is 16.2 Å². The van der Waals surface area contributed by atoms with Crippen molar-refractivity contribution in [1.82, 2.24) is 0 Å².